The van der Waals surface area contributed by atoms with Gasteiger partial charge in [-0.2, -0.15) is 0 Å². The smallest absolute Gasteiger partial charge is 0.346 e. The number of benzene rings is 3. The lowest BCUT2D eigenvalue weighted by atomic mass is 9.82. The first-order valence-electron chi connectivity index (χ1n) is 14.9. The maximum atomic E-state index is 15.1. The fourth-order valence-corrected chi connectivity index (χ4v) is 9.12. The number of carbonyl (C=O) groups excluding carboxylic acids is 5. The van der Waals surface area contributed by atoms with Crippen molar-refractivity contribution in [1.82, 2.24) is 4.90 Å². The van der Waals surface area contributed by atoms with Crippen molar-refractivity contribution >= 4 is 81.5 Å². The van der Waals surface area contributed by atoms with E-state index in [1.165, 1.54) is 14.2 Å². The summed E-state index contributed by atoms with van der Waals surface area (Å²) in [6.45, 7) is 5.51. The Hall–Kier alpha value is -4.52. The lowest BCUT2D eigenvalue weighted by molar-refractivity contribution is -0.138. The van der Waals surface area contributed by atoms with E-state index in [9.17, 15) is 19.2 Å². The van der Waals surface area contributed by atoms with Crippen LogP contribution in [-0.2, 0) is 30.3 Å². The molecule has 0 aliphatic carbocycles. The van der Waals surface area contributed by atoms with Crippen molar-refractivity contribution in [2.24, 2.45) is 0 Å². The van der Waals surface area contributed by atoms with E-state index < -0.39 is 41.2 Å². The van der Waals surface area contributed by atoms with Gasteiger partial charge in [0.15, 0.2) is 0 Å². The molecular weight excluding hydrogens is 669 g/mol. The zero-order valence-corrected chi connectivity index (χ0v) is 29.1. The first-order valence-corrected chi connectivity index (χ1v) is 17.0. The van der Waals surface area contributed by atoms with Crippen molar-refractivity contribution in [3.05, 3.63) is 115 Å². The predicted molar refractivity (Wildman–Crippen MR) is 189 cm³/mol. The molecular formula is C36H30N2O7S3. The second-order valence-electron chi connectivity index (χ2n) is 11.8. The lowest BCUT2D eigenvalue weighted by Crippen LogP contribution is -2.62. The van der Waals surface area contributed by atoms with Gasteiger partial charge in [0, 0.05) is 17.6 Å². The van der Waals surface area contributed by atoms with E-state index in [4.69, 9.17) is 21.7 Å². The van der Waals surface area contributed by atoms with Crippen molar-refractivity contribution in [3.63, 3.8) is 0 Å². The minimum absolute atomic E-state index is 0.0816. The van der Waals surface area contributed by atoms with Crippen molar-refractivity contribution in [1.29, 1.82) is 0 Å². The number of nitrogens with zero attached hydrogens (tertiary/aromatic N) is 2. The molecule has 0 spiro atoms. The third kappa shape index (κ3) is 5.47. The summed E-state index contributed by atoms with van der Waals surface area (Å²) in [6, 6.07) is 20.2. The maximum Gasteiger partial charge on any atom is 0.346 e. The van der Waals surface area contributed by atoms with Gasteiger partial charge >= 0.3 is 11.9 Å². The van der Waals surface area contributed by atoms with Crippen LogP contribution in [0.25, 0.3) is 5.57 Å². The monoisotopic (exact) mass is 698 g/mol. The summed E-state index contributed by atoms with van der Waals surface area (Å²) in [6.07, 6.45) is 0.0835. The van der Waals surface area contributed by atoms with Gasteiger partial charge in [-0.05, 0) is 50.1 Å². The van der Waals surface area contributed by atoms with Gasteiger partial charge in [-0.3, -0.25) is 24.2 Å². The van der Waals surface area contributed by atoms with Crippen molar-refractivity contribution in [2.45, 2.75) is 38.8 Å². The molecule has 0 aromatic heterocycles. The summed E-state index contributed by atoms with van der Waals surface area (Å²) in [7, 11) is 2.47. The topological polar surface area (TPSA) is 110 Å². The van der Waals surface area contributed by atoms with Gasteiger partial charge in [0.2, 0.25) is 0 Å². The summed E-state index contributed by atoms with van der Waals surface area (Å²) in [5.74, 6) is -2.92. The van der Waals surface area contributed by atoms with Crippen LogP contribution in [0.4, 0.5) is 5.69 Å². The quantitative estimate of drug-likeness (QED) is 0.130. The van der Waals surface area contributed by atoms with Gasteiger partial charge in [-0.15, -0.1) is 0 Å². The molecule has 0 unspecified atom stereocenters. The summed E-state index contributed by atoms with van der Waals surface area (Å²) >= 11 is 8.28. The molecule has 3 aromatic rings. The van der Waals surface area contributed by atoms with Gasteiger partial charge in [0.25, 0.3) is 17.7 Å². The fourth-order valence-electron chi connectivity index (χ4n) is 6.09. The Morgan fingerprint density at radius 3 is 1.90 bits per heavy atom. The van der Waals surface area contributed by atoms with E-state index >= 15 is 4.79 Å². The molecule has 0 fully saturated rings. The Kier molecular flexibility index (Phi) is 8.92. The average Bonchev–Trinajstić information content (AvgIpc) is 3.63. The number of methoxy groups -OCH3 is 2. The molecule has 3 aliphatic heterocycles. The van der Waals surface area contributed by atoms with E-state index in [0.717, 1.165) is 39.6 Å². The second-order valence-corrected chi connectivity index (χ2v) is 14.5. The molecule has 3 amide bonds. The van der Waals surface area contributed by atoms with Crippen LogP contribution in [0, 0.1) is 6.92 Å². The van der Waals surface area contributed by atoms with Gasteiger partial charge < -0.3 is 9.47 Å². The van der Waals surface area contributed by atoms with E-state index in [1.807, 2.05) is 55.5 Å². The van der Waals surface area contributed by atoms with Crippen LogP contribution >= 0.6 is 35.7 Å². The minimum Gasteiger partial charge on any atom is -0.465 e. The van der Waals surface area contributed by atoms with Crippen LogP contribution in [0.2, 0.25) is 0 Å². The molecule has 1 atom stereocenters. The zero-order chi connectivity index (χ0) is 34.5. The van der Waals surface area contributed by atoms with Crippen LogP contribution in [0.5, 0.6) is 0 Å². The van der Waals surface area contributed by atoms with Gasteiger partial charge in [0.05, 0.1) is 45.7 Å². The summed E-state index contributed by atoms with van der Waals surface area (Å²) in [5, 5.41) is 0. The third-order valence-electron chi connectivity index (χ3n) is 8.46. The molecule has 6 rings (SSSR count). The number of anilines is 1. The van der Waals surface area contributed by atoms with E-state index in [1.54, 1.807) is 43.0 Å². The average molecular weight is 699 g/mol. The van der Waals surface area contributed by atoms with Crippen LogP contribution in [-0.4, -0.2) is 65.2 Å². The Balaban J connectivity index is 1.50. The van der Waals surface area contributed by atoms with Crippen molar-refractivity contribution < 1.29 is 33.4 Å². The Morgan fingerprint density at radius 1 is 0.812 bits per heavy atom. The van der Waals surface area contributed by atoms with E-state index in [-0.39, 0.29) is 27.4 Å². The number of esters is 2. The number of aryl methyl sites for hydroxylation is 1. The standard InChI is InChI=1S/C36H30N2O7S3/c1-19-15-16-23-24(17-19)38(36(2,3)29(46)26(23)35-47-27(33(42)44-4)28(48-35)34(43)45-5)32(41)25(18-20-11-7-6-8-12-20)37-30(39)21-13-9-10-14-22(21)31(37)40/h6-17,25H,18H2,1-5H3/t25-/m1/s1. The molecule has 12 heteroatoms. The zero-order valence-electron chi connectivity index (χ0n) is 26.7. The highest BCUT2D eigenvalue weighted by Crippen LogP contribution is 2.56. The van der Waals surface area contributed by atoms with E-state index in [2.05, 4.69) is 0 Å². The van der Waals surface area contributed by atoms with Gasteiger partial charge in [-0.1, -0.05) is 90.3 Å². The molecule has 3 aliphatic rings. The van der Waals surface area contributed by atoms with Crippen LogP contribution in [0.15, 0.2) is 86.8 Å². The fraction of sp³-hybridized carbons (Fsp3) is 0.222. The van der Waals surface area contributed by atoms with Crippen LogP contribution in [0.1, 0.15) is 51.3 Å². The summed E-state index contributed by atoms with van der Waals surface area (Å²) < 4.78 is 10.5. The summed E-state index contributed by atoms with van der Waals surface area (Å²) in [4.78, 5) is 71.4. The lowest BCUT2D eigenvalue weighted by Gasteiger charge is -2.47. The molecule has 3 heterocycles. The number of hydrogen-bond acceptors (Lipinski definition) is 10. The Morgan fingerprint density at radius 2 is 1.35 bits per heavy atom. The Labute approximate surface area is 291 Å². The molecule has 48 heavy (non-hydrogen) atoms. The molecule has 0 radical (unpaired) electrons. The van der Waals surface area contributed by atoms with Crippen molar-refractivity contribution in [2.75, 3.05) is 19.1 Å². The maximum absolute atomic E-state index is 15.1. The number of hydrogen-bond donors (Lipinski definition) is 0. The second kappa shape index (κ2) is 12.8. The summed E-state index contributed by atoms with van der Waals surface area (Å²) in [5.41, 5.74) is 2.66. The number of fused-ring (bicyclic) bond motifs is 2. The molecule has 9 nitrogen and oxygen atoms in total. The van der Waals surface area contributed by atoms with Gasteiger partial charge in [-0.25, -0.2) is 9.59 Å². The third-order valence-corrected chi connectivity index (χ3v) is 11.7. The highest BCUT2D eigenvalue weighted by molar-refractivity contribution is 8.29. The first kappa shape index (κ1) is 33.4. The molecule has 244 valence electrons. The number of carbonyl (C=O) groups is 5. The Bertz CT molecular complexity index is 1940. The molecule has 0 saturated heterocycles. The molecule has 0 saturated carbocycles. The minimum atomic E-state index is -1.20. The highest BCUT2D eigenvalue weighted by Gasteiger charge is 2.51. The molecule has 0 N–H and O–H groups in total. The van der Waals surface area contributed by atoms with Crippen molar-refractivity contribution in [3.8, 4) is 0 Å². The number of rotatable bonds is 6. The molecule has 3 aromatic carbocycles. The predicted octanol–water partition coefficient (Wildman–Crippen LogP) is 6.10. The molecule has 0 bridgehead atoms. The number of ether oxygens (including phenoxy) is 2. The normalized spacial score (nSPS) is 17.4. The number of imide groups is 1. The SMILES string of the molecule is COC(=O)C1=C(C(=O)OC)SC(=C2C(=S)C(C)(C)N(C(=O)[C@@H](Cc3ccccc3)N3C(=O)c4ccccc4C3=O)c3cc(C)ccc32)S1. The highest BCUT2D eigenvalue weighted by atomic mass is 32.2. The first-order chi connectivity index (χ1) is 22.9. The number of thioether (sulfide) groups is 2. The van der Waals surface area contributed by atoms with Crippen LogP contribution < -0.4 is 4.90 Å². The van der Waals surface area contributed by atoms with Gasteiger partial charge in [0.1, 0.15) is 15.9 Å². The largest absolute Gasteiger partial charge is 0.465 e. The van der Waals surface area contributed by atoms with E-state index in [0.29, 0.717) is 25.9 Å². The number of amides is 3. The number of thiocarbonyl (C=S) groups is 1. The van der Waals surface area contributed by atoms with Crippen LogP contribution in [0.3, 0.4) is 0 Å².